The Hall–Kier alpha value is -2.26. The minimum absolute atomic E-state index is 0.379. The standard InChI is InChI=1S/C15H15O5P/c1-13(16)18-12-21(17,19-14-8-4-2-5-9-14)20-15-10-6-3-7-11-15/h2-11H,12H2,1H3. The minimum atomic E-state index is -3.66. The first-order chi connectivity index (χ1) is 10.1. The molecule has 2 aromatic carbocycles. The number of rotatable bonds is 6. The molecular weight excluding hydrogens is 291 g/mol. The average Bonchev–Trinajstić information content (AvgIpc) is 2.47. The molecule has 0 spiro atoms. The Bertz CT molecular complexity index is 582. The first kappa shape index (κ1) is 15.1. The molecule has 21 heavy (non-hydrogen) atoms. The van der Waals surface area contributed by atoms with Gasteiger partial charge in [0.15, 0.2) is 0 Å². The van der Waals surface area contributed by atoms with Crippen LogP contribution in [0.3, 0.4) is 0 Å². The van der Waals surface area contributed by atoms with E-state index in [-0.39, 0.29) is 0 Å². The number of ether oxygens (including phenoxy) is 1. The Morgan fingerprint density at radius 1 is 0.905 bits per heavy atom. The zero-order chi connectivity index (χ0) is 15.1. The summed E-state index contributed by atoms with van der Waals surface area (Å²) in [5.41, 5.74) is 0. The van der Waals surface area contributed by atoms with Crippen LogP contribution in [0.25, 0.3) is 0 Å². The highest BCUT2D eigenvalue weighted by atomic mass is 31.2. The molecule has 0 atom stereocenters. The van der Waals surface area contributed by atoms with Crippen LogP contribution in [-0.2, 0) is 14.1 Å². The molecule has 0 bridgehead atoms. The lowest BCUT2D eigenvalue weighted by Crippen LogP contribution is -2.10. The summed E-state index contributed by atoms with van der Waals surface area (Å²) in [6, 6.07) is 17.2. The molecule has 0 heterocycles. The summed E-state index contributed by atoms with van der Waals surface area (Å²) < 4.78 is 28.4. The maximum Gasteiger partial charge on any atom is 0.468 e. The van der Waals surface area contributed by atoms with Gasteiger partial charge in [-0.15, -0.1) is 0 Å². The van der Waals surface area contributed by atoms with Crippen molar-refractivity contribution in [1.82, 2.24) is 0 Å². The van der Waals surface area contributed by atoms with Crippen LogP contribution in [0.5, 0.6) is 11.5 Å². The fraction of sp³-hybridized carbons (Fsp3) is 0.133. The molecule has 0 N–H and O–H groups in total. The van der Waals surface area contributed by atoms with Crippen molar-refractivity contribution in [3.8, 4) is 11.5 Å². The smallest absolute Gasteiger partial charge is 0.450 e. The SMILES string of the molecule is CC(=O)OCP(=O)(Oc1ccccc1)Oc1ccccc1. The van der Waals surface area contributed by atoms with Crippen LogP contribution in [-0.4, -0.2) is 12.3 Å². The van der Waals surface area contributed by atoms with Crippen LogP contribution in [0.15, 0.2) is 60.7 Å². The average molecular weight is 306 g/mol. The van der Waals surface area contributed by atoms with E-state index >= 15 is 0 Å². The Morgan fingerprint density at radius 2 is 1.33 bits per heavy atom. The van der Waals surface area contributed by atoms with E-state index in [1.165, 1.54) is 6.92 Å². The number of esters is 1. The predicted octanol–water partition coefficient (Wildman–Crippen LogP) is 3.86. The number of carbonyl (C=O) groups is 1. The molecule has 6 heteroatoms. The van der Waals surface area contributed by atoms with Gasteiger partial charge in [0, 0.05) is 6.92 Å². The lowest BCUT2D eigenvalue weighted by molar-refractivity contribution is -0.139. The number of hydrogen-bond acceptors (Lipinski definition) is 5. The van der Waals surface area contributed by atoms with Crippen LogP contribution in [0.4, 0.5) is 0 Å². The maximum atomic E-state index is 12.7. The van der Waals surface area contributed by atoms with Crippen molar-refractivity contribution in [3.63, 3.8) is 0 Å². The van der Waals surface area contributed by atoms with Crippen molar-refractivity contribution in [2.45, 2.75) is 6.92 Å². The molecule has 5 nitrogen and oxygen atoms in total. The lowest BCUT2D eigenvalue weighted by Gasteiger charge is -2.19. The van der Waals surface area contributed by atoms with E-state index in [9.17, 15) is 9.36 Å². The molecule has 0 fully saturated rings. The van der Waals surface area contributed by atoms with Crippen LogP contribution in [0.2, 0.25) is 0 Å². The Balaban J connectivity index is 2.17. The van der Waals surface area contributed by atoms with E-state index in [4.69, 9.17) is 13.8 Å². The van der Waals surface area contributed by atoms with Gasteiger partial charge in [-0.05, 0) is 24.3 Å². The molecule has 0 saturated carbocycles. The molecule has 0 aromatic heterocycles. The largest absolute Gasteiger partial charge is 0.468 e. The maximum absolute atomic E-state index is 12.7. The van der Waals surface area contributed by atoms with Gasteiger partial charge in [-0.25, -0.2) is 4.57 Å². The van der Waals surface area contributed by atoms with Crippen LogP contribution in [0.1, 0.15) is 6.92 Å². The normalized spacial score (nSPS) is 10.7. The highest BCUT2D eigenvalue weighted by Crippen LogP contribution is 2.48. The first-order valence-corrected chi connectivity index (χ1v) is 8.02. The molecule has 0 saturated heterocycles. The fourth-order valence-electron chi connectivity index (χ4n) is 1.53. The van der Waals surface area contributed by atoms with Gasteiger partial charge in [0.1, 0.15) is 11.5 Å². The van der Waals surface area contributed by atoms with E-state index in [0.717, 1.165) is 0 Å². The third kappa shape index (κ3) is 4.97. The van der Waals surface area contributed by atoms with E-state index in [1.807, 2.05) is 12.1 Å². The van der Waals surface area contributed by atoms with Gasteiger partial charge in [0.05, 0.1) is 0 Å². The molecule has 110 valence electrons. The van der Waals surface area contributed by atoms with Gasteiger partial charge < -0.3 is 13.8 Å². The topological polar surface area (TPSA) is 61.8 Å². The molecule has 0 aliphatic rings. The Labute approximate surface area is 123 Å². The number of benzene rings is 2. The van der Waals surface area contributed by atoms with Crippen molar-refractivity contribution in [3.05, 3.63) is 60.7 Å². The quantitative estimate of drug-likeness (QED) is 0.599. The highest BCUT2D eigenvalue weighted by Gasteiger charge is 2.30. The summed E-state index contributed by atoms with van der Waals surface area (Å²) in [4.78, 5) is 10.9. The predicted molar refractivity (Wildman–Crippen MR) is 78.4 cm³/mol. The lowest BCUT2D eigenvalue weighted by atomic mass is 10.3. The summed E-state index contributed by atoms with van der Waals surface area (Å²) >= 11 is 0. The Kier molecular flexibility index (Phi) is 5.01. The number of carbonyl (C=O) groups excluding carboxylic acids is 1. The summed E-state index contributed by atoms with van der Waals surface area (Å²) in [6.45, 7) is 1.23. The second kappa shape index (κ2) is 6.95. The number of hydrogen-bond donors (Lipinski definition) is 0. The van der Waals surface area contributed by atoms with Crippen LogP contribution in [0, 0.1) is 0 Å². The van der Waals surface area contributed by atoms with Gasteiger partial charge in [0.2, 0.25) is 6.35 Å². The summed E-state index contributed by atoms with van der Waals surface area (Å²) in [5.74, 6) is 0.205. The van der Waals surface area contributed by atoms with Gasteiger partial charge in [0.25, 0.3) is 0 Å². The fourth-order valence-corrected chi connectivity index (χ4v) is 2.89. The highest BCUT2D eigenvalue weighted by molar-refractivity contribution is 7.54. The Morgan fingerprint density at radius 3 is 1.71 bits per heavy atom. The zero-order valence-corrected chi connectivity index (χ0v) is 12.4. The van der Waals surface area contributed by atoms with Gasteiger partial charge >= 0.3 is 13.6 Å². The van der Waals surface area contributed by atoms with Crippen molar-refractivity contribution < 1.29 is 23.1 Å². The van der Waals surface area contributed by atoms with E-state index in [1.54, 1.807) is 48.5 Å². The number of para-hydroxylation sites is 2. The van der Waals surface area contributed by atoms with Gasteiger partial charge in [-0.2, -0.15) is 0 Å². The van der Waals surface area contributed by atoms with Crippen molar-refractivity contribution >= 4 is 13.6 Å². The molecular formula is C15H15O5P. The molecule has 2 rings (SSSR count). The zero-order valence-electron chi connectivity index (χ0n) is 11.5. The van der Waals surface area contributed by atoms with Crippen molar-refractivity contribution in [2.24, 2.45) is 0 Å². The third-order valence-corrected chi connectivity index (χ3v) is 3.82. The summed E-state index contributed by atoms with van der Waals surface area (Å²) in [6.07, 6.45) is -0.452. The second-order valence-corrected chi connectivity index (χ2v) is 6.03. The van der Waals surface area contributed by atoms with Crippen molar-refractivity contribution in [2.75, 3.05) is 6.35 Å². The summed E-state index contributed by atoms with van der Waals surface area (Å²) in [7, 11) is -3.66. The van der Waals surface area contributed by atoms with E-state index in [2.05, 4.69) is 0 Å². The van der Waals surface area contributed by atoms with Crippen LogP contribution < -0.4 is 9.05 Å². The molecule has 2 aromatic rings. The summed E-state index contributed by atoms with van der Waals surface area (Å²) in [5, 5.41) is 0. The monoisotopic (exact) mass is 306 g/mol. The molecule has 0 amide bonds. The van der Waals surface area contributed by atoms with Gasteiger partial charge in [-0.3, -0.25) is 4.79 Å². The van der Waals surface area contributed by atoms with E-state index in [0.29, 0.717) is 11.5 Å². The molecule has 0 aliphatic carbocycles. The molecule has 0 radical (unpaired) electrons. The van der Waals surface area contributed by atoms with E-state index < -0.39 is 19.9 Å². The second-order valence-electron chi connectivity index (χ2n) is 4.18. The van der Waals surface area contributed by atoms with Crippen molar-refractivity contribution in [1.29, 1.82) is 0 Å². The van der Waals surface area contributed by atoms with Gasteiger partial charge in [-0.1, -0.05) is 36.4 Å². The molecule has 0 unspecified atom stereocenters. The minimum Gasteiger partial charge on any atom is -0.450 e. The first-order valence-electron chi connectivity index (χ1n) is 6.29. The third-order valence-electron chi connectivity index (χ3n) is 2.40. The van der Waals surface area contributed by atoms with Crippen LogP contribution >= 0.6 is 7.60 Å². The molecule has 0 aliphatic heterocycles.